The standard InChI is InChI=1S/C20H31N3O5S/c1-4-16(2)19(20(25)28-3)21-18(24)14-22-10-12-23(13-11-22)29(26,27)15-17-8-6-5-7-9-17/h5-9,16,19H,4,10-15H2,1-3H3,(H,21,24)/t16-,19+/m1/s1. The van der Waals surface area contributed by atoms with E-state index in [0.29, 0.717) is 26.2 Å². The average Bonchev–Trinajstić information content (AvgIpc) is 2.71. The summed E-state index contributed by atoms with van der Waals surface area (Å²) in [5.74, 6) is -0.776. The molecule has 0 saturated carbocycles. The second kappa shape index (κ2) is 10.7. The predicted molar refractivity (Wildman–Crippen MR) is 110 cm³/mol. The number of carbonyl (C=O) groups excluding carboxylic acids is 2. The molecule has 0 radical (unpaired) electrons. The highest BCUT2D eigenvalue weighted by atomic mass is 32.2. The van der Waals surface area contributed by atoms with Gasteiger partial charge in [-0.05, 0) is 11.5 Å². The van der Waals surface area contributed by atoms with E-state index >= 15 is 0 Å². The highest BCUT2D eigenvalue weighted by Gasteiger charge is 2.30. The van der Waals surface area contributed by atoms with E-state index in [9.17, 15) is 18.0 Å². The average molecular weight is 426 g/mol. The number of rotatable bonds is 9. The van der Waals surface area contributed by atoms with Crippen molar-refractivity contribution in [3.63, 3.8) is 0 Å². The van der Waals surface area contributed by atoms with Crippen LogP contribution in [0.15, 0.2) is 30.3 Å². The van der Waals surface area contributed by atoms with Gasteiger partial charge in [0.1, 0.15) is 6.04 Å². The molecule has 0 aliphatic carbocycles. The van der Waals surface area contributed by atoms with E-state index in [1.165, 1.54) is 11.4 Å². The Morgan fingerprint density at radius 1 is 1.14 bits per heavy atom. The molecule has 1 aromatic rings. The van der Waals surface area contributed by atoms with Gasteiger partial charge < -0.3 is 10.1 Å². The molecule has 1 saturated heterocycles. The van der Waals surface area contributed by atoms with Gasteiger partial charge in [-0.15, -0.1) is 0 Å². The Hall–Kier alpha value is -1.97. The van der Waals surface area contributed by atoms with Gasteiger partial charge in [0.05, 0.1) is 19.4 Å². The molecule has 2 atom stereocenters. The Bertz CT molecular complexity index is 777. The van der Waals surface area contributed by atoms with Gasteiger partial charge in [0.2, 0.25) is 15.9 Å². The summed E-state index contributed by atoms with van der Waals surface area (Å²) in [6.07, 6.45) is 0.734. The van der Waals surface area contributed by atoms with Crippen LogP contribution >= 0.6 is 0 Å². The Balaban J connectivity index is 1.85. The Morgan fingerprint density at radius 2 is 1.76 bits per heavy atom. The lowest BCUT2D eigenvalue weighted by Crippen LogP contribution is -2.53. The monoisotopic (exact) mass is 425 g/mol. The van der Waals surface area contributed by atoms with Gasteiger partial charge in [0.25, 0.3) is 0 Å². The van der Waals surface area contributed by atoms with E-state index < -0.39 is 22.0 Å². The van der Waals surface area contributed by atoms with Crippen molar-refractivity contribution in [3.8, 4) is 0 Å². The summed E-state index contributed by atoms with van der Waals surface area (Å²) in [5.41, 5.74) is 0.758. The number of carbonyl (C=O) groups is 2. The molecule has 0 unspecified atom stereocenters. The lowest BCUT2D eigenvalue weighted by Gasteiger charge is -2.34. The molecule has 8 nitrogen and oxygen atoms in total. The second-order valence-corrected chi connectivity index (χ2v) is 9.34. The molecule has 2 rings (SSSR count). The van der Waals surface area contributed by atoms with Gasteiger partial charge in [-0.3, -0.25) is 9.69 Å². The highest BCUT2D eigenvalue weighted by Crippen LogP contribution is 2.14. The molecule has 162 valence electrons. The summed E-state index contributed by atoms with van der Waals surface area (Å²) in [5, 5.41) is 2.75. The number of hydrogen-bond donors (Lipinski definition) is 1. The number of ether oxygens (including phenoxy) is 1. The first-order valence-electron chi connectivity index (χ1n) is 9.88. The van der Waals surface area contributed by atoms with Crippen LogP contribution in [0.4, 0.5) is 0 Å². The van der Waals surface area contributed by atoms with Gasteiger partial charge in [-0.1, -0.05) is 50.6 Å². The zero-order valence-electron chi connectivity index (χ0n) is 17.3. The fraction of sp³-hybridized carbons (Fsp3) is 0.600. The number of methoxy groups -OCH3 is 1. The van der Waals surface area contributed by atoms with Crippen LogP contribution in [0.5, 0.6) is 0 Å². The van der Waals surface area contributed by atoms with Crippen molar-refractivity contribution in [2.45, 2.75) is 32.1 Å². The molecule has 1 N–H and O–H groups in total. The lowest BCUT2D eigenvalue weighted by molar-refractivity contribution is -0.146. The third-order valence-corrected chi connectivity index (χ3v) is 7.12. The maximum atomic E-state index is 12.6. The van der Waals surface area contributed by atoms with Crippen LogP contribution in [0.25, 0.3) is 0 Å². The third-order valence-electron chi connectivity index (χ3n) is 5.27. The molecule has 1 amide bonds. The van der Waals surface area contributed by atoms with Crippen LogP contribution in [0.1, 0.15) is 25.8 Å². The van der Waals surface area contributed by atoms with Gasteiger partial charge in [-0.25, -0.2) is 13.2 Å². The summed E-state index contributed by atoms with van der Waals surface area (Å²) in [6, 6.07) is 8.42. The first-order valence-corrected chi connectivity index (χ1v) is 11.5. The minimum Gasteiger partial charge on any atom is -0.467 e. The number of sulfonamides is 1. The Morgan fingerprint density at radius 3 is 2.31 bits per heavy atom. The molecule has 1 heterocycles. The van der Waals surface area contributed by atoms with Gasteiger partial charge in [-0.2, -0.15) is 4.31 Å². The molecule has 1 aromatic carbocycles. The lowest BCUT2D eigenvalue weighted by atomic mass is 9.99. The number of benzene rings is 1. The number of esters is 1. The van der Waals surface area contributed by atoms with Crippen molar-refractivity contribution in [2.24, 2.45) is 5.92 Å². The second-order valence-electron chi connectivity index (χ2n) is 7.37. The molecule has 29 heavy (non-hydrogen) atoms. The topological polar surface area (TPSA) is 96.0 Å². The SMILES string of the molecule is CC[C@@H](C)[C@H](NC(=O)CN1CCN(S(=O)(=O)Cc2ccccc2)CC1)C(=O)OC. The molecule has 1 aliphatic heterocycles. The number of nitrogens with zero attached hydrogens (tertiary/aromatic N) is 2. The molecule has 0 spiro atoms. The first-order chi connectivity index (χ1) is 13.8. The molecular weight excluding hydrogens is 394 g/mol. The predicted octanol–water partition coefficient (Wildman–Crippen LogP) is 0.838. The smallest absolute Gasteiger partial charge is 0.328 e. The molecule has 9 heteroatoms. The van der Waals surface area contributed by atoms with Crippen LogP contribution in [0.3, 0.4) is 0 Å². The summed E-state index contributed by atoms with van der Waals surface area (Å²) < 4.78 is 31.5. The summed E-state index contributed by atoms with van der Waals surface area (Å²) in [4.78, 5) is 26.2. The zero-order valence-corrected chi connectivity index (χ0v) is 18.2. The molecule has 1 fully saturated rings. The first kappa shape index (κ1) is 23.3. The zero-order chi connectivity index (χ0) is 21.4. The molecular formula is C20H31N3O5S. The van der Waals surface area contributed by atoms with E-state index in [2.05, 4.69) is 5.32 Å². The Labute approximate surface area is 173 Å². The molecule has 0 aromatic heterocycles. The van der Waals surface area contributed by atoms with E-state index in [1.807, 2.05) is 36.9 Å². The van der Waals surface area contributed by atoms with Gasteiger partial charge >= 0.3 is 5.97 Å². The summed E-state index contributed by atoms with van der Waals surface area (Å²) in [7, 11) is -2.09. The number of nitrogens with one attached hydrogen (secondary N) is 1. The van der Waals surface area contributed by atoms with E-state index in [4.69, 9.17) is 4.74 Å². The summed E-state index contributed by atoms with van der Waals surface area (Å²) in [6.45, 7) is 5.57. The number of piperazine rings is 1. The third kappa shape index (κ3) is 6.80. The van der Waals surface area contributed by atoms with Gasteiger partial charge in [0.15, 0.2) is 0 Å². The number of hydrogen-bond acceptors (Lipinski definition) is 6. The van der Waals surface area contributed by atoms with E-state index in [0.717, 1.165) is 12.0 Å². The van der Waals surface area contributed by atoms with Crippen molar-refractivity contribution in [3.05, 3.63) is 35.9 Å². The quantitative estimate of drug-likeness (QED) is 0.589. The van der Waals surface area contributed by atoms with Crippen molar-refractivity contribution in [1.29, 1.82) is 0 Å². The van der Waals surface area contributed by atoms with Crippen LogP contribution in [0, 0.1) is 5.92 Å². The van der Waals surface area contributed by atoms with Crippen molar-refractivity contribution in [2.75, 3.05) is 39.8 Å². The fourth-order valence-corrected chi connectivity index (χ4v) is 4.78. The van der Waals surface area contributed by atoms with Crippen LogP contribution < -0.4 is 5.32 Å². The van der Waals surface area contributed by atoms with Crippen molar-refractivity contribution in [1.82, 2.24) is 14.5 Å². The van der Waals surface area contributed by atoms with Crippen molar-refractivity contribution < 1.29 is 22.7 Å². The van der Waals surface area contributed by atoms with Crippen LogP contribution in [-0.2, 0) is 30.1 Å². The normalized spacial score (nSPS) is 18.0. The fourth-order valence-electron chi connectivity index (χ4n) is 3.26. The highest BCUT2D eigenvalue weighted by molar-refractivity contribution is 7.88. The van der Waals surface area contributed by atoms with E-state index in [1.54, 1.807) is 12.1 Å². The maximum Gasteiger partial charge on any atom is 0.328 e. The maximum absolute atomic E-state index is 12.6. The van der Waals surface area contributed by atoms with Crippen molar-refractivity contribution >= 4 is 21.9 Å². The molecule has 0 bridgehead atoms. The number of amides is 1. The van der Waals surface area contributed by atoms with Gasteiger partial charge in [0, 0.05) is 26.2 Å². The largest absolute Gasteiger partial charge is 0.467 e. The minimum absolute atomic E-state index is 0.0238. The van der Waals surface area contributed by atoms with E-state index in [-0.39, 0.29) is 24.1 Å². The minimum atomic E-state index is -3.39. The van der Waals surface area contributed by atoms with Crippen LogP contribution in [0.2, 0.25) is 0 Å². The van der Waals surface area contributed by atoms with Crippen LogP contribution in [-0.4, -0.2) is 75.4 Å². The Kier molecular flexibility index (Phi) is 8.60. The summed E-state index contributed by atoms with van der Waals surface area (Å²) >= 11 is 0. The molecule has 1 aliphatic rings.